The summed E-state index contributed by atoms with van der Waals surface area (Å²) in [4.78, 5) is 16.2. The maximum Gasteiger partial charge on any atom is 0.228 e. The number of amides is 1. The van der Waals surface area contributed by atoms with Gasteiger partial charge in [-0.1, -0.05) is 42.5 Å². The Hall–Kier alpha value is -3.44. The first-order valence-electron chi connectivity index (χ1n) is 10.3. The Morgan fingerprint density at radius 3 is 2.39 bits per heavy atom. The van der Waals surface area contributed by atoms with E-state index in [-0.39, 0.29) is 11.2 Å². The molecule has 0 aliphatic carbocycles. The third kappa shape index (κ3) is 4.37. The first-order valence-corrected chi connectivity index (χ1v) is 11.1. The van der Waals surface area contributed by atoms with Crippen molar-refractivity contribution in [1.82, 2.24) is 0 Å². The van der Waals surface area contributed by atoms with Gasteiger partial charge >= 0.3 is 0 Å². The van der Waals surface area contributed by atoms with Gasteiger partial charge in [0, 0.05) is 22.7 Å². The highest BCUT2D eigenvalue weighted by molar-refractivity contribution is 7.99. The molecule has 0 bridgehead atoms. The minimum Gasteiger partial charge on any atom is -0.468 e. The zero-order chi connectivity index (χ0) is 21.0. The lowest BCUT2D eigenvalue weighted by Gasteiger charge is -2.23. The summed E-state index contributed by atoms with van der Waals surface area (Å²) < 4.78 is 5.61. The topological polar surface area (TPSA) is 45.5 Å². The van der Waals surface area contributed by atoms with Crippen molar-refractivity contribution in [3.05, 3.63) is 109 Å². The van der Waals surface area contributed by atoms with Crippen LogP contribution in [-0.4, -0.2) is 5.91 Å². The van der Waals surface area contributed by atoms with Crippen LogP contribution in [0.2, 0.25) is 0 Å². The molecule has 2 heterocycles. The summed E-state index contributed by atoms with van der Waals surface area (Å²) in [5, 5.41) is 3.37. The van der Waals surface area contributed by atoms with E-state index in [0.29, 0.717) is 13.0 Å². The third-order valence-electron chi connectivity index (χ3n) is 5.30. The van der Waals surface area contributed by atoms with Gasteiger partial charge in [-0.3, -0.25) is 4.79 Å². The van der Waals surface area contributed by atoms with E-state index in [1.807, 2.05) is 65.6 Å². The van der Waals surface area contributed by atoms with E-state index in [1.54, 1.807) is 18.0 Å². The summed E-state index contributed by atoms with van der Waals surface area (Å²) in [7, 11) is 0. The van der Waals surface area contributed by atoms with Crippen LogP contribution in [0.4, 0.5) is 17.1 Å². The van der Waals surface area contributed by atoms with Crippen LogP contribution in [0.5, 0.6) is 0 Å². The van der Waals surface area contributed by atoms with Gasteiger partial charge in [0.2, 0.25) is 5.91 Å². The predicted molar refractivity (Wildman–Crippen MR) is 126 cm³/mol. The van der Waals surface area contributed by atoms with Crippen LogP contribution in [0.3, 0.4) is 0 Å². The summed E-state index contributed by atoms with van der Waals surface area (Å²) in [6.07, 6.45) is 2.07. The van der Waals surface area contributed by atoms with Crippen molar-refractivity contribution in [3.63, 3.8) is 0 Å². The van der Waals surface area contributed by atoms with Gasteiger partial charge in [-0.15, -0.1) is 11.8 Å². The molecule has 1 aliphatic rings. The second kappa shape index (κ2) is 8.74. The third-order valence-corrected chi connectivity index (χ3v) is 6.59. The summed E-state index contributed by atoms with van der Waals surface area (Å²) in [6, 6.07) is 30.3. The Kier molecular flexibility index (Phi) is 5.50. The molecule has 1 amide bonds. The Morgan fingerprint density at radius 1 is 0.871 bits per heavy atom. The number of benzene rings is 3. The molecule has 0 saturated carbocycles. The zero-order valence-electron chi connectivity index (χ0n) is 16.9. The van der Waals surface area contributed by atoms with Gasteiger partial charge in [-0.2, -0.15) is 0 Å². The summed E-state index contributed by atoms with van der Waals surface area (Å²) in [5.41, 5.74) is 4.11. The number of hydrogen-bond acceptors (Lipinski definition) is 4. The second-order valence-electron chi connectivity index (χ2n) is 7.46. The molecule has 1 unspecified atom stereocenters. The molecular weight excluding hydrogens is 404 g/mol. The fraction of sp³-hybridized carbons (Fsp3) is 0.115. The molecule has 0 saturated heterocycles. The van der Waals surface area contributed by atoms with E-state index in [9.17, 15) is 4.79 Å². The van der Waals surface area contributed by atoms with Crippen LogP contribution in [0.15, 0.2) is 107 Å². The number of thioether (sulfide) groups is 1. The van der Waals surface area contributed by atoms with Crippen LogP contribution in [0.1, 0.15) is 23.0 Å². The van der Waals surface area contributed by atoms with Crippen LogP contribution < -0.4 is 10.2 Å². The molecule has 0 fully saturated rings. The maximum absolute atomic E-state index is 13.3. The van der Waals surface area contributed by atoms with Crippen molar-refractivity contribution in [1.29, 1.82) is 0 Å². The van der Waals surface area contributed by atoms with Crippen LogP contribution in [0, 0.1) is 0 Å². The van der Waals surface area contributed by atoms with E-state index >= 15 is 0 Å². The van der Waals surface area contributed by atoms with Crippen molar-refractivity contribution in [2.45, 2.75) is 23.1 Å². The minimum atomic E-state index is -0.0221. The molecule has 1 aromatic heterocycles. The van der Waals surface area contributed by atoms with Crippen molar-refractivity contribution < 1.29 is 9.21 Å². The largest absolute Gasteiger partial charge is 0.468 e. The Balaban J connectivity index is 1.37. The SMILES string of the molecule is O=C1CC(c2ccco2)Sc2ccccc2N1Cc1ccc(Nc2ccccc2)cc1. The molecule has 154 valence electrons. The molecule has 1 aliphatic heterocycles. The fourth-order valence-corrected chi connectivity index (χ4v) is 4.99. The monoisotopic (exact) mass is 426 g/mol. The number of para-hydroxylation sites is 2. The number of hydrogen-bond donors (Lipinski definition) is 1. The molecule has 5 heteroatoms. The first kappa shape index (κ1) is 19.5. The van der Waals surface area contributed by atoms with Crippen molar-refractivity contribution in [2.24, 2.45) is 0 Å². The second-order valence-corrected chi connectivity index (χ2v) is 8.71. The lowest BCUT2D eigenvalue weighted by atomic mass is 10.1. The van der Waals surface area contributed by atoms with E-state index in [4.69, 9.17) is 4.42 Å². The Labute approximate surface area is 185 Å². The highest BCUT2D eigenvalue weighted by Gasteiger charge is 2.30. The number of carbonyl (C=O) groups is 1. The van der Waals surface area contributed by atoms with E-state index < -0.39 is 0 Å². The lowest BCUT2D eigenvalue weighted by Crippen LogP contribution is -2.30. The molecule has 5 rings (SSSR count). The smallest absolute Gasteiger partial charge is 0.228 e. The molecule has 31 heavy (non-hydrogen) atoms. The Morgan fingerprint density at radius 2 is 1.61 bits per heavy atom. The summed E-state index contributed by atoms with van der Waals surface area (Å²) in [5.74, 6) is 0.941. The van der Waals surface area contributed by atoms with Gasteiger partial charge in [-0.05, 0) is 54.1 Å². The number of rotatable bonds is 5. The van der Waals surface area contributed by atoms with Gasteiger partial charge in [0.1, 0.15) is 5.76 Å². The van der Waals surface area contributed by atoms with Crippen molar-refractivity contribution in [3.8, 4) is 0 Å². The van der Waals surface area contributed by atoms with Crippen molar-refractivity contribution >= 4 is 34.7 Å². The molecule has 0 spiro atoms. The molecule has 0 radical (unpaired) electrons. The predicted octanol–water partition coefficient (Wildman–Crippen LogP) is 6.79. The molecule has 4 aromatic rings. The first-order chi connectivity index (χ1) is 15.3. The zero-order valence-corrected chi connectivity index (χ0v) is 17.7. The molecule has 3 aromatic carbocycles. The van der Waals surface area contributed by atoms with Crippen LogP contribution in [-0.2, 0) is 11.3 Å². The maximum atomic E-state index is 13.3. The number of carbonyl (C=O) groups excluding carboxylic acids is 1. The van der Waals surface area contributed by atoms with Crippen LogP contribution in [0.25, 0.3) is 0 Å². The summed E-state index contributed by atoms with van der Waals surface area (Å²) in [6.45, 7) is 0.535. The number of fused-ring (bicyclic) bond motifs is 1. The lowest BCUT2D eigenvalue weighted by molar-refractivity contribution is -0.118. The Bertz CT molecular complexity index is 1160. The van der Waals surface area contributed by atoms with Gasteiger partial charge < -0.3 is 14.6 Å². The molecule has 1 N–H and O–H groups in total. The normalized spacial score (nSPS) is 15.9. The molecule has 4 nitrogen and oxygen atoms in total. The van der Waals surface area contributed by atoms with Gasteiger partial charge in [-0.25, -0.2) is 0 Å². The number of nitrogens with one attached hydrogen (secondary N) is 1. The fourth-order valence-electron chi connectivity index (χ4n) is 3.75. The highest BCUT2D eigenvalue weighted by Crippen LogP contribution is 2.45. The van der Waals surface area contributed by atoms with E-state index in [0.717, 1.165) is 33.3 Å². The average molecular weight is 427 g/mol. The minimum absolute atomic E-state index is 0.0221. The number of furan rings is 1. The van der Waals surface area contributed by atoms with E-state index in [2.05, 4.69) is 35.6 Å². The van der Waals surface area contributed by atoms with Gasteiger partial charge in [0.25, 0.3) is 0 Å². The number of nitrogens with zero attached hydrogens (tertiary/aromatic N) is 1. The van der Waals surface area contributed by atoms with E-state index in [1.165, 1.54) is 0 Å². The van der Waals surface area contributed by atoms with Gasteiger partial charge in [0.15, 0.2) is 0 Å². The molecule has 1 atom stereocenters. The molecular formula is C26H22N2O2S. The number of anilines is 3. The highest BCUT2D eigenvalue weighted by atomic mass is 32.2. The average Bonchev–Trinajstić information content (AvgIpc) is 3.30. The summed E-state index contributed by atoms with van der Waals surface area (Å²) >= 11 is 1.69. The standard InChI is InChI=1S/C26H22N2O2S/c29-26-17-25(23-10-6-16-30-23)31-24-11-5-4-9-22(24)28(26)18-19-12-14-21(15-13-19)27-20-7-2-1-3-8-20/h1-16,25,27H,17-18H2. The van der Waals surface area contributed by atoms with Gasteiger partial charge in [0.05, 0.1) is 23.7 Å². The quantitative estimate of drug-likeness (QED) is 0.381. The van der Waals surface area contributed by atoms with Crippen molar-refractivity contribution in [2.75, 3.05) is 10.2 Å². The van der Waals surface area contributed by atoms with Crippen LogP contribution >= 0.6 is 11.8 Å².